The van der Waals surface area contributed by atoms with Crippen molar-refractivity contribution >= 4 is 5.91 Å². The van der Waals surface area contributed by atoms with Gasteiger partial charge in [0.15, 0.2) is 0 Å². The van der Waals surface area contributed by atoms with Crippen LogP contribution in [0.2, 0.25) is 0 Å². The number of terminal acetylenes is 1. The molecule has 0 spiro atoms. The Bertz CT molecular complexity index is 408. The third-order valence-corrected chi connectivity index (χ3v) is 2.85. The van der Waals surface area contributed by atoms with Crippen LogP contribution in [0.15, 0.2) is 30.3 Å². The van der Waals surface area contributed by atoms with Crippen LogP contribution in [0.4, 0.5) is 0 Å². The molecule has 0 fully saturated rings. The van der Waals surface area contributed by atoms with Crippen molar-refractivity contribution in [1.29, 1.82) is 0 Å². The Kier molecular flexibility index (Phi) is 5.96. The van der Waals surface area contributed by atoms with Gasteiger partial charge in [0, 0.05) is 6.54 Å². The average Bonchev–Trinajstić information content (AvgIpc) is 2.40. The summed E-state index contributed by atoms with van der Waals surface area (Å²) in [6.07, 6.45) is 7.12. The van der Waals surface area contributed by atoms with Crippen molar-refractivity contribution in [3.8, 4) is 12.3 Å². The van der Waals surface area contributed by atoms with Gasteiger partial charge in [0.05, 0.1) is 12.0 Å². The number of nitrogens with two attached hydrogens (primary N) is 1. The predicted molar refractivity (Wildman–Crippen MR) is 73.9 cm³/mol. The molecule has 2 unspecified atom stereocenters. The first kappa shape index (κ1) is 14.3. The topological polar surface area (TPSA) is 55.1 Å². The first-order valence-corrected chi connectivity index (χ1v) is 6.24. The van der Waals surface area contributed by atoms with E-state index in [1.807, 2.05) is 37.3 Å². The molecule has 0 aliphatic heterocycles. The zero-order chi connectivity index (χ0) is 13.4. The Balaban J connectivity index is 2.72. The molecule has 3 N–H and O–H groups in total. The van der Waals surface area contributed by atoms with E-state index in [9.17, 15) is 4.79 Å². The minimum atomic E-state index is -0.334. The smallest absolute Gasteiger partial charge is 0.229 e. The highest BCUT2D eigenvalue weighted by molar-refractivity contribution is 5.84. The zero-order valence-corrected chi connectivity index (χ0v) is 10.7. The van der Waals surface area contributed by atoms with E-state index in [0.29, 0.717) is 0 Å². The monoisotopic (exact) mass is 244 g/mol. The summed E-state index contributed by atoms with van der Waals surface area (Å²) >= 11 is 0. The Morgan fingerprint density at radius 3 is 2.61 bits per heavy atom. The van der Waals surface area contributed by atoms with Crippen LogP contribution < -0.4 is 11.1 Å². The first-order valence-electron chi connectivity index (χ1n) is 6.24. The second-order valence-corrected chi connectivity index (χ2v) is 4.22. The second-order valence-electron chi connectivity index (χ2n) is 4.22. The quantitative estimate of drug-likeness (QED) is 0.748. The predicted octanol–water partition coefficient (Wildman–Crippen LogP) is 1.65. The van der Waals surface area contributed by atoms with Crippen LogP contribution in [0, 0.1) is 12.3 Å². The fourth-order valence-electron chi connectivity index (χ4n) is 1.84. The summed E-state index contributed by atoms with van der Waals surface area (Å²) in [7, 11) is 0. The number of benzene rings is 1. The summed E-state index contributed by atoms with van der Waals surface area (Å²) in [6, 6.07) is 9.31. The molecule has 1 rings (SSSR count). The molecule has 0 heterocycles. The number of carbonyl (C=O) groups is 1. The van der Waals surface area contributed by atoms with Gasteiger partial charge in [-0.15, -0.1) is 6.42 Å². The summed E-state index contributed by atoms with van der Waals surface area (Å²) in [5.74, 6) is 2.16. The minimum Gasteiger partial charge on any atom is -0.342 e. The van der Waals surface area contributed by atoms with Crippen LogP contribution in [0.5, 0.6) is 0 Å². The molecule has 0 aliphatic carbocycles. The molecule has 0 saturated heterocycles. The summed E-state index contributed by atoms with van der Waals surface area (Å²) in [5, 5.41) is 2.86. The number of nitrogens with one attached hydrogen (secondary N) is 1. The molecule has 2 atom stereocenters. The number of hydrogen-bond acceptors (Lipinski definition) is 2. The molecule has 0 aromatic heterocycles. The summed E-state index contributed by atoms with van der Waals surface area (Å²) in [6.45, 7) is 2.31. The first-order chi connectivity index (χ1) is 8.72. The van der Waals surface area contributed by atoms with Crippen molar-refractivity contribution in [2.24, 2.45) is 5.73 Å². The Labute approximate surface area is 109 Å². The Hall–Kier alpha value is -1.79. The van der Waals surface area contributed by atoms with Gasteiger partial charge in [0.2, 0.25) is 5.91 Å². The molecule has 1 aromatic carbocycles. The van der Waals surface area contributed by atoms with Crippen molar-refractivity contribution < 1.29 is 4.79 Å². The van der Waals surface area contributed by atoms with Gasteiger partial charge in [-0.2, -0.15) is 0 Å². The van der Waals surface area contributed by atoms with Crippen molar-refractivity contribution in [3.05, 3.63) is 35.9 Å². The lowest BCUT2D eigenvalue weighted by molar-refractivity contribution is -0.122. The van der Waals surface area contributed by atoms with Gasteiger partial charge in [-0.3, -0.25) is 4.79 Å². The van der Waals surface area contributed by atoms with Gasteiger partial charge in [0.1, 0.15) is 0 Å². The lowest BCUT2D eigenvalue weighted by Gasteiger charge is -2.18. The fourth-order valence-corrected chi connectivity index (χ4v) is 1.84. The number of carbonyl (C=O) groups excluding carboxylic acids is 1. The second kappa shape index (κ2) is 7.52. The van der Waals surface area contributed by atoms with Gasteiger partial charge in [-0.05, 0) is 12.0 Å². The molecule has 0 radical (unpaired) electrons. The molecule has 0 bridgehead atoms. The minimum absolute atomic E-state index is 0.0971. The van der Waals surface area contributed by atoms with Crippen LogP contribution in [0.1, 0.15) is 31.2 Å². The molecule has 0 aliphatic rings. The van der Waals surface area contributed by atoms with Gasteiger partial charge in [0.25, 0.3) is 0 Å². The van der Waals surface area contributed by atoms with Crippen molar-refractivity contribution in [2.45, 2.75) is 31.7 Å². The maximum Gasteiger partial charge on any atom is 0.229 e. The highest BCUT2D eigenvalue weighted by Gasteiger charge is 2.20. The molecular weight excluding hydrogens is 224 g/mol. The van der Waals surface area contributed by atoms with E-state index in [1.165, 1.54) is 0 Å². The molecule has 18 heavy (non-hydrogen) atoms. The summed E-state index contributed by atoms with van der Waals surface area (Å²) in [5.41, 5.74) is 6.61. The molecule has 3 nitrogen and oxygen atoms in total. The summed E-state index contributed by atoms with van der Waals surface area (Å²) < 4.78 is 0. The van der Waals surface area contributed by atoms with Crippen LogP contribution in [0.3, 0.4) is 0 Å². The summed E-state index contributed by atoms with van der Waals surface area (Å²) in [4.78, 5) is 12.1. The van der Waals surface area contributed by atoms with Gasteiger partial charge in [-0.1, -0.05) is 49.6 Å². The van der Waals surface area contributed by atoms with Crippen LogP contribution in [-0.2, 0) is 4.79 Å². The van der Waals surface area contributed by atoms with Gasteiger partial charge in [-0.25, -0.2) is 0 Å². The average molecular weight is 244 g/mol. The molecule has 1 amide bonds. The molecule has 1 aromatic rings. The van der Waals surface area contributed by atoms with Crippen LogP contribution in [0.25, 0.3) is 0 Å². The molecule has 3 heteroatoms. The van der Waals surface area contributed by atoms with E-state index in [2.05, 4.69) is 11.2 Å². The Morgan fingerprint density at radius 2 is 2.11 bits per heavy atom. The molecular formula is C15H20N2O. The van der Waals surface area contributed by atoms with Gasteiger partial charge < -0.3 is 11.1 Å². The highest BCUT2D eigenvalue weighted by Crippen LogP contribution is 2.14. The third-order valence-electron chi connectivity index (χ3n) is 2.85. The van der Waals surface area contributed by atoms with E-state index >= 15 is 0 Å². The zero-order valence-electron chi connectivity index (χ0n) is 10.7. The molecule has 96 valence electrons. The van der Waals surface area contributed by atoms with Crippen LogP contribution >= 0.6 is 0 Å². The van der Waals surface area contributed by atoms with E-state index in [4.69, 9.17) is 12.2 Å². The van der Waals surface area contributed by atoms with E-state index in [-0.39, 0.29) is 24.4 Å². The number of amides is 1. The van der Waals surface area contributed by atoms with E-state index in [0.717, 1.165) is 18.4 Å². The largest absolute Gasteiger partial charge is 0.342 e. The number of rotatable bonds is 6. The number of hydrogen-bond donors (Lipinski definition) is 2. The van der Waals surface area contributed by atoms with Crippen molar-refractivity contribution in [1.82, 2.24) is 5.32 Å². The maximum absolute atomic E-state index is 12.1. The van der Waals surface area contributed by atoms with Crippen molar-refractivity contribution in [3.63, 3.8) is 0 Å². The normalized spacial score (nSPS) is 13.4. The SMILES string of the molecule is C#CC(CCC)NC(=O)C(CN)c1ccccc1. The van der Waals surface area contributed by atoms with E-state index in [1.54, 1.807) is 0 Å². The Morgan fingerprint density at radius 1 is 1.44 bits per heavy atom. The van der Waals surface area contributed by atoms with E-state index < -0.39 is 0 Å². The van der Waals surface area contributed by atoms with Gasteiger partial charge >= 0.3 is 0 Å². The van der Waals surface area contributed by atoms with Crippen LogP contribution in [-0.4, -0.2) is 18.5 Å². The standard InChI is InChI=1S/C15H20N2O/c1-3-8-13(4-2)17-15(18)14(11-16)12-9-6-5-7-10-12/h2,5-7,9-10,13-14H,3,8,11,16H2,1H3,(H,17,18). The lowest BCUT2D eigenvalue weighted by Crippen LogP contribution is -2.39. The lowest BCUT2D eigenvalue weighted by atomic mass is 9.98. The highest BCUT2D eigenvalue weighted by atomic mass is 16.1. The third kappa shape index (κ3) is 3.90. The fraction of sp³-hybridized carbons (Fsp3) is 0.400. The molecule has 0 saturated carbocycles. The maximum atomic E-state index is 12.1. The van der Waals surface area contributed by atoms with Crippen molar-refractivity contribution in [2.75, 3.05) is 6.54 Å².